The number of benzene rings is 3. The molecular weight excluding hydrogens is 518 g/mol. The van der Waals surface area contributed by atoms with Crippen molar-refractivity contribution < 1.29 is 18.4 Å². The number of hydrogen-bond acceptors (Lipinski definition) is 5. The van der Waals surface area contributed by atoms with E-state index < -0.39 is 0 Å². The molecule has 1 saturated heterocycles. The highest BCUT2D eigenvalue weighted by Gasteiger charge is 2.27. The third-order valence-corrected chi connectivity index (χ3v) is 8.09. The Balaban J connectivity index is 1.11. The molecule has 0 radical (unpaired) electrons. The van der Waals surface area contributed by atoms with Crippen LogP contribution in [0.3, 0.4) is 0 Å². The quantitative estimate of drug-likeness (QED) is 0.332. The van der Waals surface area contributed by atoms with Gasteiger partial charge < -0.3 is 15.1 Å². The largest absolute Gasteiger partial charge is 0.369 e. The van der Waals surface area contributed by atoms with Crippen LogP contribution in [0.4, 0.5) is 20.2 Å². The van der Waals surface area contributed by atoms with Gasteiger partial charge in [-0.1, -0.05) is 30.0 Å². The molecule has 39 heavy (non-hydrogen) atoms. The summed E-state index contributed by atoms with van der Waals surface area (Å²) in [6, 6.07) is 18.2. The lowest BCUT2D eigenvalue weighted by molar-refractivity contribution is -0.114. The van der Waals surface area contributed by atoms with Gasteiger partial charge in [0, 0.05) is 61.5 Å². The number of thioether (sulfide) groups is 1. The van der Waals surface area contributed by atoms with Crippen molar-refractivity contribution in [2.75, 3.05) is 56.1 Å². The van der Waals surface area contributed by atoms with Crippen LogP contribution in [0, 0.1) is 11.6 Å². The Labute approximate surface area is 231 Å². The second kappa shape index (κ2) is 12.0. The van der Waals surface area contributed by atoms with E-state index in [1.165, 1.54) is 34.9 Å². The number of rotatable bonds is 7. The van der Waals surface area contributed by atoms with Crippen molar-refractivity contribution in [3.8, 4) is 0 Å². The van der Waals surface area contributed by atoms with Crippen LogP contribution in [0.15, 0.2) is 76.5 Å². The fourth-order valence-electron chi connectivity index (χ4n) is 4.76. The molecule has 6 nitrogen and oxygen atoms in total. The molecule has 0 unspecified atom stereocenters. The van der Waals surface area contributed by atoms with Crippen LogP contribution in [0.1, 0.15) is 22.3 Å². The molecule has 3 aromatic rings. The lowest BCUT2D eigenvalue weighted by Crippen LogP contribution is -2.47. The summed E-state index contributed by atoms with van der Waals surface area (Å²) in [5, 5.41) is 2.98. The van der Waals surface area contributed by atoms with Gasteiger partial charge in [-0.3, -0.25) is 14.5 Å². The summed E-state index contributed by atoms with van der Waals surface area (Å²) in [6.45, 7) is 5.03. The highest BCUT2D eigenvalue weighted by molar-refractivity contribution is 8.04. The maximum Gasteiger partial charge on any atom is 0.264 e. The molecule has 0 atom stereocenters. The van der Waals surface area contributed by atoms with E-state index in [9.17, 15) is 18.4 Å². The van der Waals surface area contributed by atoms with Crippen LogP contribution in [0.5, 0.6) is 0 Å². The summed E-state index contributed by atoms with van der Waals surface area (Å²) in [7, 11) is 1.66. The van der Waals surface area contributed by atoms with Gasteiger partial charge in [-0.05, 0) is 67.6 Å². The van der Waals surface area contributed by atoms with Gasteiger partial charge in [0.1, 0.15) is 11.6 Å². The fraction of sp³-hybridized carbons (Fsp3) is 0.267. The minimum Gasteiger partial charge on any atom is -0.369 e. The monoisotopic (exact) mass is 548 g/mol. The van der Waals surface area contributed by atoms with E-state index >= 15 is 0 Å². The Hall–Kier alpha value is -3.69. The lowest BCUT2D eigenvalue weighted by Gasteiger charge is -2.36. The van der Waals surface area contributed by atoms with Crippen LogP contribution in [0.2, 0.25) is 0 Å². The van der Waals surface area contributed by atoms with Crippen molar-refractivity contribution in [2.24, 2.45) is 0 Å². The summed E-state index contributed by atoms with van der Waals surface area (Å²) in [4.78, 5) is 33.1. The first-order valence-electron chi connectivity index (χ1n) is 13.0. The maximum absolute atomic E-state index is 14.1. The molecule has 1 fully saturated rings. The number of anilines is 2. The number of piperazine rings is 1. The molecule has 0 aromatic heterocycles. The molecule has 9 heteroatoms. The van der Waals surface area contributed by atoms with Gasteiger partial charge in [0.15, 0.2) is 0 Å². The average Bonchev–Trinajstić information content (AvgIpc) is 2.95. The molecule has 2 aliphatic rings. The van der Waals surface area contributed by atoms with Gasteiger partial charge in [-0.15, -0.1) is 0 Å². The first-order chi connectivity index (χ1) is 18.9. The fourth-order valence-corrected chi connectivity index (χ4v) is 5.84. The number of hydrogen-bond donors (Lipinski definition) is 1. The maximum atomic E-state index is 14.1. The zero-order valence-electron chi connectivity index (χ0n) is 21.7. The second-order valence-corrected chi connectivity index (χ2v) is 10.7. The Kier molecular flexibility index (Phi) is 8.28. The van der Waals surface area contributed by atoms with Gasteiger partial charge in [-0.25, -0.2) is 8.78 Å². The predicted molar refractivity (Wildman–Crippen MR) is 152 cm³/mol. The number of halogens is 2. The van der Waals surface area contributed by atoms with Gasteiger partial charge in [0.2, 0.25) is 0 Å². The zero-order valence-corrected chi connectivity index (χ0v) is 22.5. The summed E-state index contributed by atoms with van der Waals surface area (Å²) in [6.07, 6.45) is 2.39. The van der Waals surface area contributed by atoms with E-state index in [-0.39, 0.29) is 23.4 Å². The lowest BCUT2D eigenvalue weighted by atomic mass is 10.1. The molecule has 5 rings (SSSR count). The van der Waals surface area contributed by atoms with Crippen molar-refractivity contribution in [3.63, 3.8) is 0 Å². The van der Waals surface area contributed by atoms with Crippen LogP contribution in [-0.2, 0) is 4.79 Å². The smallest absolute Gasteiger partial charge is 0.264 e. The Bertz CT molecular complexity index is 1390. The van der Waals surface area contributed by atoms with E-state index in [0.717, 1.165) is 49.7 Å². The molecule has 0 bridgehead atoms. The molecule has 2 aliphatic heterocycles. The summed E-state index contributed by atoms with van der Waals surface area (Å²) in [5.41, 5.74) is 2.54. The highest BCUT2D eigenvalue weighted by atomic mass is 32.2. The van der Waals surface area contributed by atoms with Crippen molar-refractivity contribution in [1.82, 2.24) is 10.2 Å². The SMILES string of the molecule is CN1C(=O)C(=Cc2ccccc2F)Sc2ccc(C(=O)NCCCN3CCN(c4ccc(F)cc4)CC3)cc21. The number of fused-ring (bicyclic) bond motifs is 1. The Morgan fingerprint density at radius 3 is 2.49 bits per heavy atom. The average molecular weight is 549 g/mol. The van der Waals surface area contributed by atoms with Gasteiger partial charge in [0.05, 0.1) is 10.6 Å². The third-order valence-electron chi connectivity index (χ3n) is 7.01. The molecule has 2 heterocycles. The van der Waals surface area contributed by atoms with Gasteiger partial charge in [-0.2, -0.15) is 0 Å². The van der Waals surface area contributed by atoms with Crippen molar-refractivity contribution in [3.05, 3.63) is 94.4 Å². The van der Waals surface area contributed by atoms with E-state index in [1.807, 2.05) is 18.2 Å². The molecule has 202 valence electrons. The number of nitrogens with one attached hydrogen (secondary N) is 1. The van der Waals surface area contributed by atoms with Crippen molar-refractivity contribution in [2.45, 2.75) is 11.3 Å². The summed E-state index contributed by atoms with van der Waals surface area (Å²) >= 11 is 1.28. The molecule has 1 N–H and O–H groups in total. The number of carbonyl (C=O) groups excluding carboxylic acids is 2. The van der Waals surface area contributed by atoms with Crippen LogP contribution in [0.25, 0.3) is 6.08 Å². The van der Waals surface area contributed by atoms with Crippen LogP contribution >= 0.6 is 11.8 Å². The van der Waals surface area contributed by atoms with Gasteiger partial charge >= 0.3 is 0 Å². The predicted octanol–water partition coefficient (Wildman–Crippen LogP) is 5.02. The molecule has 2 amide bonds. The minimum atomic E-state index is -0.383. The Morgan fingerprint density at radius 1 is 1.00 bits per heavy atom. The van der Waals surface area contributed by atoms with Crippen molar-refractivity contribution >= 4 is 41.0 Å². The molecule has 0 aliphatic carbocycles. The van der Waals surface area contributed by atoms with Crippen LogP contribution in [-0.4, -0.2) is 63.0 Å². The standard InChI is InChI=1S/C30H30F2N4O2S/c1-34-26-19-22(7-12-27(26)39-28(30(34)38)20-21-5-2-3-6-25(21)32)29(37)33-13-4-14-35-15-17-36(18-16-35)24-10-8-23(31)9-11-24/h2-3,5-12,19-20H,4,13-18H2,1H3,(H,33,37). The molecule has 3 aromatic carbocycles. The van der Waals surface area contributed by atoms with E-state index in [0.29, 0.717) is 28.3 Å². The first kappa shape index (κ1) is 26.9. The molecule has 0 spiro atoms. The third kappa shape index (κ3) is 6.32. The van der Waals surface area contributed by atoms with E-state index in [2.05, 4.69) is 15.1 Å². The zero-order chi connectivity index (χ0) is 27.4. The molecular formula is C30H30F2N4O2S. The second-order valence-electron chi connectivity index (χ2n) is 9.59. The normalized spacial score (nSPS) is 16.9. The van der Waals surface area contributed by atoms with Crippen LogP contribution < -0.4 is 15.1 Å². The number of nitrogens with zero attached hydrogens (tertiary/aromatic N) is 3. The number of likely N-dealkylation sites (N-methyl/N-ethyl adjacent to an activating group) is 1. The van der Waals surface area contributed by atoms with Gasteiger partial charge in [0.25, 0.3) is 11.8 Å². The minimum absolute atomic E-state index is 0.183. The number of amides is 2. The molecule has 0 saturated carbocycles. The highest BCUT2D eigenvalue weighted by Crippen LogP contribution is 2.42. The summed E-state index contributed by atoms with van der Waals surface area (Å²) in [5.74, 6) is -1.03. The Morgan fingerprint density at radius 2 is 1.74 bits per heavy atom. The van der Waals surface area contributed by atoms with E-state index in [4.69, 9.17) is 0 Å². The number of carbonyl (C=O) groups is 2. The van der Waals surface area contributed by atoms with E-state index in [1.54, 1.807) is 43.5 Å². The summed E-state index contributed by atoms with van der Waals surface area (Å²) < 4.78 is 27.3. The topological polar surface area (TPSA) is 55.9 Å². The first-order valence-corrected chi connectivity index (χ1v) is 13.8. The van der Waals surface area contributed by atoms with Crippen molar-refractivity contribution in [1.29, 1.82) is 0 Å².